The van der Waals surface area contributed by atoms with Crippen molar-refractivity contribution in [2.24, 2.45) is 0 Å². The van der Waals surface area contributed by atoms with Crippen molar-refractivity contribution in [3.05, 3.63) is 77.4 Å². The molecule has 212 valence electrons. The SMILES string of the molecule is Cc1cc(C2C(c3ccccn3)NC(=S)N2CCCN2CCOCC2)c(C)n1-c1ccc(N2CCOCC2)cc1. The summed E-state index contributed by atoms with van der Waals surface area (Å²) in [6, 6.07) is 17.5. The van der Waals surface area contributed by atoms with E-state index < -0.39 is 0 Å². The highest BCUT2D eigenvalue weighted by Crippen LogP contribution is 2.41. The molecule has 5 heterocycles. The number of aryl methyl sites for hydroxylation is 1. The van der Waals surface area contributed by atoms with Crippen LogP contribution in [0.25, 0.3) is 5.69 Å². The van der Waals surface area contributed by atoms with Gasteiger partial charge in [0.15, 0.2) is 5.11 Å². The summed E-state index contributed by atoms with van der Waals surface area (Å²) in [5.41, 5.74) is 7.21. The number of thiocarbonyl (C=S) groups is 1. The fourth-order valence-corrected chi connectivity index (χ4v) is 6.72. The summed E-state index contributed by atoms with van der Waals surface area (Å²) >= 11 is 5.95. The maximum Gasteiger partial charge on any atom is 0.170 e. The van der Waals surface area contributed by atoms with Gasteiger partial charge >= 0.3 is 0 Å². The number of nitrogens with one attached hydrogen (secondary N) is 1. The molecule has 0 amide bonds. The summed E-state index contributed by atoms with van der Waals surface area (Å²) in [5, 5.41) is 4.44. The lowest BCUT2D eigenvalue weighted by Crippen LogP contribution is -2.39. The summed E-state index contributed by atoms with van der Waals surface area (Å²) in [7, 11) is 0. The lowest BCUT2D eigenvalue weighted by Gasteiger charge is -2.30. The second kappa shape index (κ2) is 12.3. The van der Waals surface area contributed by atoms with E-state index in [1.54, 1.807) is 0 Å². The highest BCUT2D eigenvalue weighted by molar-refractivity contribution is 7.80. The molecule has 0 spiro atoms. The Morgan fingerprint density at radius 1 is 0.900 bits per heavy atom. The predicted octanol–water partition coefficient (Wildman–Crippen LogP) is 4.02. The fraction of sp³-hybridized carbons (Fsp3) is 0.484. The van der Waals surface area contributed by atoms with Crippen molar-refractivity contribution in [1.29, 1.82) is 0 Å². The standard InChI is InChI=1S/C31H40N6O2S/c1-23-22-27(24(2)37(23)26-9-7-25(8-10-26)35-16-20-39-21-17-35)30-29(28-6-3-4-11-32-28)33-31(40)36(30)13-5-12-34-14-18-38-19-15-34/h3-4,6-11,22,29-30H,5,12-21H2,1-2H3,(H,33,40). The molecule has 3 aliphatic heterocycles. The van der Waals surface area contributed by atoms with E-state index in [4.69, 9.17) is 26.7 Å². The highest BCUT2D eigenvalue weighted by atomic mass is 32.1. The number of hydrogen-bond donors (Lipinski definition) is 1. The van der Waals surface area contributed by atoms with Gasteiger partial charge in [0.25, 0.3) is 0 Å². The Hall–Kier alpha value is -2.98. The number of anilines is 1. The predicted molar refractivity (Wildman–Crippen MR) is 162 cm³/mol. The number of ether oxygens (including phenoxy) is 2. The van der Waals surface area contributed by atoms with Crippen LogP contribution in [-0.2, 0) is 9.47 Å². The average Bonchev–Trinajstić information content (AvgIpc) is 3.48. The van der Waals surface area contributed by atoms with E-state index in [2.05, 4.69) is 80.9 Å². The lowest BCUT2D eigenvalue weighted by atomic mass is 9.96. The van der Waals surface area contributed by atoms with Crippen LogP contribution in [0.15, 0.2) is 54.7 Å². The molecular formula is C31H40N6O2S. The van der Waals surface area contributed by atoms with Gasteiger partial charge in [0.1, 0.15) is 0 Å². The monoisotopic (exact) mass is 560 g/mol. The number of rotatable bonds is 8. The van der Waals surface area contributed by atoms with Gasteiger partial charge in [0, 0.05) is 68.2 Å². The first kappa shape index (κ1) is 27.2. The van der Waals surface area contributed by atoms with Crippen LogP contribution >= 0.6 is 12.2 Å². The van der Waals surface area contributed by atoms with Crippen LogP contribution in [0.5, 0.6) is 0 Å². The molecule has 6 rings (SSSR count). The zero-order valence-electron chi connectivity index (χ0n) is 23.6. The van der Waals surface area contributed by atoms with Crippen LogP contribution < -0.4 is 10.2 Å². The van der Waals surface area contributed by atoms with Gasteiger partial charge in [-0.3, -0.25) is 9.88 Å². The van der Waals surface area contributed by atoms with Gasteiger partial charge in [-0.05, 0) is 80.5 Å². The van der Waals surface area contributed by atoms with Gasteiger partial charge in [0.2, 0.25) is 0 Å². The molecule has 2 aromatic heterocycles. The van der Waals surface area contributed by atoms with E-state index in [0.717, 1.165) is 82.9 Å². The van der Waals surface area contributed by atoms with Crippen molar-refractivity contribution in [3.63, 3.8) is 0 Å². The van der Waals surface area contributed by atoms with Crippen molar-refractivity contribution < 1.29 is 9.47 Å². The number of hydrogen-bond acceptors (Lipinski definition) is 6. The third kappa shape index (κ3) is 5.61. The zero-order valence-corrected chi connectivity index (χ0v) is 24.4. The zero-order chi connectivity index (χ0) is 27.5. The molecule has 1 N–H and O–H groups in total. The Balaban J connectivity index is 1.28. The summed E-state index contributed by atoms with van der Waals surface area (Å²) in [5.74, 6) is 0. The average molecular weight is 561 g/mol. The normalized spacial score (nSPS) is 22.1. The summed E-state index contributed by atoms with van der Waals surface area (Å²) < 4.78 is 13.4. The number of aromatic nitrogens is 2. The first-order valence-electron chi connectivity index (χ1n) is 14.5. The molecular weight excluding hydrogens is 520 g/mol. The Bertz CT molecular complexity index is 1290. The Kier molecular flexibility index (Phi) is 8.34. The van der Waals surface area contributed by atoms with Crippen molar-refractivity contribution in [1.82, 2.24) is 24.7 Å². The molecule has 8 nitrogen and oxygen atoms in total. The minimum atomic E-state index is -0.00488. The van der Waals surface area contributed by atoms with Crippen LogP contribution in [0, 0.1) is 13.8 Å². The topological polar surface area (TPSA) is 58.0 Å². The molecule has 2 atom stereocenters. The second-order valence-electron chi connectivity index (χ2n) is 10.9. The molecule has 3 aliphatic rings. The molecule has 3 aromatic rings. The van der Waals surface area contributed by atoms with E-state index in [1.165, 1.54) is 28.3 Å². The van der Waals surface area contributed by atoms with Crippen LogP contribution in [0.4, 0.5) is 5.69 Å². The molecule has 3 saturated heterocycles. The molecule has 2 unspecified atom stereocenters. The fourth-order valence-electron chi connectivity index (χ4n) is 6.39. The number of benzene rings is 1. The first-order chi connectivity index (χ1) is 19.6. The molecule has 40 heavy (non-hydrogen) atoms. The third-order valence-corrected chi connectivity index (χ3v) is 8.80. The summed E-state index contributed by atoms with van der Waals surface area (Å²) in [6.45, 7) is 13.5. The number of pyridine rings is 1. The van der Waals surface area contributed by atoms with Crippen LogP contribution in [-0.4, -0.2) is 90.2 Å². The van der Waals surface area contributed by atoms with Gasteiger partial charge < -0.3 is 29.2 Å². The summed E-state index contributed by atoms with van der Waals surface area (Å²) in [4.78, 5) is 12.0. The van der Waals surface area contributed by atoms with E-state index in [-0.39, 0.29) is 12.1 Å². The number of morpholine rings is 2. The molecule has 0 bridgehead atoms. The van der Waals surface area contributed by atoms with Crippen molar-refractivity contribution in [3.8, 4) is 5.69 Å². The van der Waals surface area contributed by atoms with Gasteiger partial charge in [-0.25, -0.2) is 0 Å². The quantitative estimate of drug-likeness (QED) is 0.415. The largest absolute Gasteiger partial charge is 0.379 e. The minimum Gasteiger partial charge on any atom is -0.379 e. The van der Waals surface area contributed by atoms with E-state index >= 15 is 0 Å². The van der Waals surface area contributed by atoms with Crippen LogP contribution in [0.2, 0.25) is 0 Å². The minimum absolute atomic E-state index is 0.00488. The van der Waals surface area contributed by atoms with Gasteiger partial charge in [-0.15, -0.1) is 0 Å². The molecule has 0 saturated carbocycles. The van der Waals surface area contributed by atoms with Gasteiger partial charge in [-0.2, -0.15) is 0 Å². The van der Waals surface area contributed by atoms with E-state index in [1.807, 2.05) is 12.3 Å². The smallest absolute Gasteiger partial charge is 0.170 e. The molecule has 1 aromatic carbocycles. The Morgan fingerprint density at radius 3 is 2.30 bits per heavy atom. The highest BCUT2D eigenvalue weighted by Gasteiger charge is 2.41. The third-order valence-electron chi connectivity index (χ3n) is 8.45. The molecule has 3 fully saturated rings. The maximum absolute atomic E-state index is 5.95. The Labute approximate surface area is 242 Å². The van der Waals surface area contributed by atoms with E-state index in [9.17, 15) is 0 Å². The van der Waals surface area contributed by atoms with Crippen molar-refractivity contribution in [2.45, 2.75) is 32.4 Å². The molecule has 0 aliphatic carbocycles. The molecule has 9 heteroatoms. The van der Waals surface area contributed by atoms with Gasteiger partial charge in [0.05, 0.1) is 44.2 Å². The van der Waals surface area contributed by atoms with Crippen LogP contribution in [0.1, 0.15) is 41.1 Å². The van der Waals surface area contributed by atoms with E-state index in [0.29, 0.717) is 0 Å². The maximum atomic E-state index is 5.95. The second-order valence-corrected chi connectivity index (χ2v) is 11.3. The first-order valence-corrected chi connectivity index (χ1v) is 14.9. The lowest BCUT2D eigenvalue weighted by molar-refractivity contribution is 0.0365. The van der Waals surface area contributed by atoms with Crippen molar-refractivity contribution in [2.75, 3.05) is 70.6 Å². The summed E-state index contributed by atoms with van der Waals surface area (Å²) in [6.07, 6.45) is 2.92. The van der Waals surface area contributed by atoms with Gasteiger partial charge in [-0.1, -0.05) is 6.07 Å². The Morgan fingerprint density at radius 2 is 1.60 bits per heavy atom. The van der Waals surface area contributed by atoms with Crippen LogP contribution in [0.3, 0.4) is 0 Å². The molecule has 0 radical (unpaired) electrons. The van der Waals surface area contributed by atoms with Crippen molar-refractivity contribution >= 4 is 23.0 Å². The number of nitrogens with zero attached hydrogens (tertiary/aromatic N) is 5.